The highest BCUT2D eigenvalue weighted by molar-refractivity contribution is 9.09. The zero-order valence-electron chi connectivity index (χ0n) is 10.9. The van der Waals surface area contributed by atoms with E-state index in [1.54, 1.807) is 10.9 Å². The first kappa shape index (κ1) is 13.6. The topological polar surface area (TPSA) is 46.9 Å². The molecular formula is C13H20BrN3O. The molecule has 0 spiro atoms. The van der Waals surface area contributed by atoms with Gasteiger partial charge in [-0.25, -0.2) is 0 Å². The molecule has 100 valence electrons. The third-order valence-electron chi connectivity index (χ3n) is 3.68. The Morgan fingerprint density at radius 3 is 2.89 bits per heavy atom. The summed E-state index contributed by atoms with van der Waals surface area (Å²) in [4.78, 5) is 12.2. The number of nitrogens with one attached hydrogen (secondary N) is 1. The fraction of sp³-hybridized carbons (Fsp3) is 0.692. The fourth-order valence-electron chi connectivity index (χ4n) is 2.65. The van der Waals surface area contributed by atoms with Gasteiger partial charge >= 0.3 is 0 Å². The van der Waals surface area contributed by atoms with Crippen LogP contribution in [-0.2, 0) is 7.05 Å². The first-order valence-corrected chi connectivity index (χ1v) is 7.61. The summed E-state index contributed by atoms with van der Waals surface area (Å²) in [6.07, 6.45) is 6.55. The van der Waals surface area contributed by atoms with E-state index in [4.69, 9.17) is 0 Å². The summed E-state index contributed by atoms with van der Waals surface area (Å²) >= 11 is 3.55. The molecule has 1 heterocycles. The molecule has 0 saturated heterocycles. The van der Waals surface area contributed by atoms with E-state index in [0.717, 1.165) is 17.4 Å². The number of halogens is 1. The maximum atomic E-state index is 12.2. The maximum absolute atomic E-state index is 12.2. The van der Waals surface area contributed by atoms with Crippen LogP contribution in [0.2, 0.25) is 0 Å². The lowest BCUT2D eigenvalue weighted by Crippen LogP contribution is -2.42. The molecule has 5 heteroatoms. The van der Waals surface area contributed by atoms with Crippen molar-refractivity contribution in [3.63, 3.8) is 0 Å². The van der Waals surface area contributed by atoms with Crippen LogP contribution in [0.5, 0.6) is 0 Å². The predicted octanol–water partition coefficient (Wildman–Crippen LogP) is 2.41. The molecule has 0 aliphatic heterocycles. The Balaban J connectivity index is 2.04. The molecule has 1 aromatic heterocycles. The monoisotopic (exact) mass is 313 g/mol. The van der Waals surface area contributed by atoms with Gasteiger partial charge in [-0.2, -0.15) is 5.10 Å². The van der Waals surface area contributed by atoms with Crippen molar-refractivity contribution in [3.05, 3.63) is 17.5 Å². The lowest BCUT2D eigenvalue weighted by Gasteiger charge is -2.30. The number of carbonyl (C=O) groups is 1. The molecule has 0 radical (unpaired) electrons. The Bertz CT molecular complexity index is 430. The SMILES string of the molecule is Cc1nn(C)cc1C(=O)NC1CCCCC1CBr. The number of carbonyl (C=O) groups excluding carboxylic acids is 1. The van der Waals surface area contributed by atoms with Gasteiger partial charge in [-0.15, -0.1) is 0 Å². The molecule has 2 atom stereocenters. The van der Waals surface area contributed by atoms with Gasteiger partial charge in [-0.05, 0) is 25.7 Å². The molecule has 1 aliphatic carbocycles. The minimum absolute atomic E-state index is 0.0125. The Hall–Kier alpha value is -0.840. The van der Waals surface area contributed by atoms with E-state index in [1.807, 2.05) is 14.0 Å². The van der Waals surface area contributed by atoms with E-state index in [0.29, 0.717) is 17.5 Å². The van der Waals surface area contributed by atoms with E-state index < -0.39 is 0 Å². The zero-order chi connectivity index (χ0) is 13.1. The highest BCUT2D eigenvalue weighted by Crippen LogP contribution is 2.26. The van der Waals surface area contributed by atoms with E-state index in [2.05, 4.69) is 26.3 Å². The number of hydrogen-bond donors (Lipinski definition) is 1. The van der Waals surface area contributed by atoms with Crippen LogP contribution < -0.4 is 5.32 Å². The van der Waals surface area contributed by atoms with Gasteiger partial charge in [0, 0.05) is 24.6 Å². The van der Waals surface area contributed by atoms with Crippen molar-refractivity contribution in [1.29, 1.82) is 0 Å². The van der Waals surface area contributed by atoms with Crippen LogP contribution in [0.3, 0.4) is 0 Å². The number of amides is 1. The van der Waals surface area contributed by atoms with Crippen LogP contribution in [0.25, 0.3) is 0 Å². The highest BCUT2D eigenvalue weighted by atomic mass is 79.9. The first-order valence-electron chi connectivity index (χ1n) is 6.49. The minimum Gasteiger partial charge on any atom is -0.349 e. The van der Waals surface area contributed by atoms with Gasteiger partial charge in [-0.3, -0.25) is 9.48 Å². The van der Waals surface area contributed by atoms with Crippen LogP contribution in [0.15, 0.2) is 6.20 Å². The average molecular weight is 314 g/mol. The van der Waals surface area contributed by atoms with Gasteiger partial charge in [0.2, 0.25) is 0 Å². The summed E-state index contributed by atoms with van der Waals surface area (Å²) < 4.78 is 1.69. The molecule has 1 fully saturated rings. The Morgan fingerprint density at radius 2 is 2.28 bits per heavy atom. The second-order valence-corrected chi connectivity index (χ2v) is 5.73. The van der Waals surface area contributed by atoms with Crippen LogP contribution in [0.1, 0.15) is 41.7 Å². The first-order chi connectivity index (χ1) is 8.61. The number of rotatable bonds is 3. The van der Waals surface area contributed by atoms with E-state index in [9.17, 15) is 4.79 Å². The van der Waals surface area contributed by atoms with Crippen molar-refractivity contribution < 1.29 is 4.79 Å². The lowest BCUT2D eigenvalue weighted by atomic mass is 9.86. The second-order valence-electron chi connectivity index (χ2n) is 5.08. The quantitative estimate of drug-likeness (QED) is 0.871. The van der Waals surface area contributed by atoms with E-state index in [1.165, 1.54) is 19.3 Å². The van der Waals surface area contributed by atoms with Crippen molar-refractivity contribution in [2.75, 3.05) is 5.33 Å². The normalized spacial score (nSPS) is 23.9. The Kier molecular flexibility index (Phi) is 4.43. The zero-order valence-corrected chi connectivity index (χ0v) is 12.5. The van der Waals surface area contributed by atoms with Crippen LogP contribution >= 0.6 is 15.9 Å². The number of hydrogen-bond acceptors (Lipinski definition) is 2. The lowest BCUT2D eigenvalue weighted by molar-refractivity contribution is 0.0911. The molecule has 2 unspecified atom stereocenters. The number of aromatic nitrogens is 2. The molecule has 0 bridgehead atoms. The molecule has 1 saturated carbocycles. The third kappa shape index (κ3) is 2.94. The van der Waals surface area contributed by atoms with E-state index in [-0.39, 0.29) is 5.91 Å². The number of alkyl halides is 1. The summed E-state index contributed by atoms with van der Waals surface area (Å²) in [6.45, 7) is 1.87. The van der Waals surface area contributed by atoms with Crippen molar-refractivity contribution in [3.8, 4) is 0 Å². The molecule has 18 heavy (non-hydrogen) atoms. The van der Waals surface area contributed by atoms with Crippen molar-refractivity contribution in [2.24, 2.45) is 13.0 Å². The smallest absolute Gasteiger partial charge is 0.254 e. The number of nitrogens with zero attached hydrogens (tertiary/aromatic N) is 2. The van der Waals surface area contributed by atoms with Crippen molar-refractivity contribution >= 4 is 21.8 Å². The third-order valence-corrected chi connectivity index (χ3v) is 4.51. The minimum atomic E-state index is 0.0125. The molecule has 0 aromatic carbocycles. The van der Waals surface area contributed by atoms with Gasteiger partial charge in [0.25, 0.3) is 5.91 Å². The fourth-order valence-corrected chi connectivity index (χ4v) is 3.43. The molecular weight excluding hydrogens is 294 g/mol. The Morgan fingerprint density at radius 1 is 1.56 bits per heavy atom. The molecule has 1 aliphatic rings. The molecule has 4 nitrogen and oxygen atoms in total. The summed E-state index contributed by atoms with van der Waals surface area (Å²) in [6, 6.07) is 0.297. The summed E-state index contributed by atoms with van der Waals surface area (Å²) in [5.74, 6) is 0.568. The van der Waals surface area contributed by atoms with Crippen molar-refractivity contribution in [2.45, 2.75) is 38.6 Å². The van der Waals surface area contributed by atoms with Gasteiger partial charge in [0.15, 0.2) is 0 Å². The van der Waals surface area contributed by atoms with Crippen LogP contribution in [0, 0.1) is 12.8 Å². The standard InChI is InChI=1S/C13H20BrN3O/c1-9-11(8-17(2)16-9)13(18)15-12-6-4-3-5-10(12)7-14/h8,10,12H,3-7H2,1-2H3,(H,15,18). The van der Waals surface area contributed by atoms with E-state index >= 15 is 0 Å². The van der Waals surface area contributed by atoms with Crippen LogP contribution in [0.4, 0.5) is 0 Å². The second kappa shape index (κ2) is 5.87. The molecule has 2 rings (SSSR count). The average Bonchev–Trinajstić information content (AvgIpc) is 2.69. The summed E-state index contributed by atoms with van der Waals surface area (Å²) in [5.41, 5.74) is 1.48. The molecule has 1 N–H and O–H groups in total. The van der Waals surface area contributed by atoms with Gasteiger partial charge in [0.05, 0.1) is 11.3 Å². The van der Waals surface area contributed by atoms with Gasteiger partial charge in [-0.1, -0.05) is 28.8 Å². The largest absolute Gasteiger partial charge is 0.349 e. The maximum Gasteiger partial charge on any atom is 0.254 e. The van der Waals surface area contributed by atoms with Gasteiger partial charge < -0.3 is 5.32 Å². The summed E-state index contributed by atoms with van der Waals surface area (Å²) in [7, 11) is 1.84. The highest BCUT2D eigenvalue weighted by Gasteiger charge is 2.26. The Labute approximate surface area is 116 Å². The predicted molar refractivity (Wildman–Crippen MR) is 75.0 cm³/mol. The van der Waals surface area contributed by atoms with Crippen LogP contribution in [-0.4, -0.2) is 27.1 Å². The van der Waals surface area contributed by atoms with Gasteiger partial charge in [0.1, 0.15) is 0 Å². The number of aryl methyl sites for hydroxylation is 2. The molecule has 1 amide bonds. The summed E-state index contributed by atoms with van der Waals surface area (Å²) in [5, 5.41) is 8.34. The molecule has 1 aromatic rings. The van der Waals surface area contributed by atoms with Crippen molar-refractivity contribution in [1.82, 2.24) is 15.1 Å².